The van der Waals surface area contributed by atoms with E-state index in [0.717, 1.165) is 28.5 Å². The number of hydrogen-bond acceptors (Lipinski definition) is 3. The Morgan fingerprint density at radius 1 is 1.24 bits per heavy atom. The zero-order chi connectivity index (χ0) is 15.4. The summed E-state index contributed by atoms with van der Waals surface area (Å²) >= 11 is 0. The molecule has 0 bridgehead atoms. The van der Waals surface area contributed by atoms with Gasteiger partial charge in [-0.1, -0.05) is 25.1 Å². The van der Waals surface area contributed by atoms with Gasteiger partial charge in [0.2, 0.25) is 5.91 Å². The molecule has 2 aromatic carbocycles. The second kappa shape index (κ2) is 6.59. The molecule has 4 nitrogen and oxygen atoms in total. The second-order valence-electron chi connectivity index (χ2n) is 5.28. The first-order valence-electron chi connectivity index (χ1n) is 7.18. The molecule has 2 rings (SSSR count). The van der Waals surface area contributed by atoms with Crippen LogP contribution in [0.4, 0.5) is 0 Å². The van der Waals surface area contributed by atoms with Crippen LogP contribution in [0.3, 0.4) is 0 Å². The lowest BCUT2D eigenvalue weighted by atomic mass is 10.0. The van der Waals surface area contributed by atoms with Crippen LogP contribution >= 0.6 is 0 Å². The number of fused-ring (bicyclic) bond motifs is 1. The molecule has 1 amide bonds. The largest absolute Gasteiger partial charge is 0.497 e. The lowest BCUT2D eigenvalue weighted by Gasteiger charge is -2.20. The maximum absolute atomic E-state index is 11.7. The van der Waals surface area contributed by atoms with E-state index >= 15 is 0 Å². The Morgan fingerprint density at radius 2 is 1.90 bits per heavy atom. The number of amides is 1. The van der Waals surface area contributed by atoms with Crippen molar-refractivity contribution in [2.45, 2.75) is 32.4 Å². The molecule has 0 saturated carbocycles. The molecule has 112 valence electrons. The summed E-state index contributed by atoms with van der Waals surface area (Å²) in [5.74, 6) is 0.461. The van der Waals surface area contributed by atoms with Crippen molar-refractivity contribution in [2.75, 3.05) is 7.11 Å². The molecular weight excluding hydrogens is 264 g/mol. The SMILES string of the molecule is CCC(C)NC(C(N)=O)c1ccc2cc(OC)ccc2c1. The van der Waals surface area contributed by atoms with Crippen molar-refractivity contribution in [1.29, 1.82) is 0 Å². The molecule has 0 fully saturated rings. The third kappa shape index (κ3) is 3.52. The monoisotopic (exact) mass is 286 g/mol. The Morgan fingerprint density at radius 3 is 2.52 bits per heavy atom. The van der Waals surface area contributed by atoms with E-state index in [1.807, 2.05) is 43.3 Å². The Labute approximate surface area is 125 Å². The van der Waals surface area contributed by atoms with E-state index in [0.29, 0.717) is 0 Å². The average Bonchev–Trinajstić information content (AvgIpc) is 2.50. The van der Waals surface area contributed by atoms with Crippen LogP contribution in [0.15, 0.2) is 36.4 Å². The van der Waals surface area contributed by atoms with Gasteiger partial charge in [-0.3, -0.25) is 10.1 Å². The lowest BCUT2D eigenvalue weighted by Crippen LogP contribution is -2.38. The van der Waals surface area contributed by atoms with Gasteiger partial charge < -0.3 is 10.5 Å². The van der Waals surface area contributed by atoms with E-state index < -0.39 is 6.04 Å². The quantitative estimate of drug-likeness (QED) is 0.858. The maximum atomic E-state index is 11.7. The van der Waals surface area contributed by atoms with Gasteiger partial charge in [-0.15, -0.1) is 0 Å². The molecule has 3 N–H and O–H groups in total. The van der Waals surface area contributed by atoms with Crippen molar-refractivity contribution in [3.63, 3.8) is 0 Å². The molecule has 0 aromatic heterocycles. The Hall–Kier alpha value is -2.07. The fourth-order valence-corrected chi connectivity index (χ4v) is 2.29. The molecule has 0 heterocycles. The molecule has 21 heavy (non-hydrogen) atoms. The van der Waals surface area contributed by atoms with Gasteiger partial charge in [-0.2, -0.15) is 0 Å². The molecular formula is C17H22N2O2. The van der Waals surface area contributed by atoms with Crippen LogP contribution in [0.5, 0.6) is 5.75 Å². The van der Waals surface area contributed by atoms with Crippen molar-refractivity contribution in [1.82, 2.24) is 5.32 Å². The van der Waals surface area contributed by atoms with Crippen LogP contribution in [0, 0.1) is 0 Å². The number of primary amides is 1. The zero-order valence-electron chi connectivity index (χ0n) is 12.7. The van der Waals surface area contributed by atoms with Gasteiger partial charge in [-0.05, 0) is 47.9 Å². The summed E-state index contributed by atoms with van der Waals surface area (Å²) in [6.45, 7) is 4.12. The van der Waals surface area contributed by atoms with Crippen molar-refractivity contribution >= 4 is 16.7 Å². The first-order valence-corrected chi connectivity index (χ1v) is 7.18. The molecule has 0 aliphatic carbocycles. The highest BCUT2D eigenvalue weighted by Crippen LogP contribution is 2.24. The van der Waals surface area contributed by atoms with Gasteiger partial charge in [0.15, 0.2) is 0 Å². The number of nitrogens with one attached hydrogen (secondary N) is 1. The zero-order valence-corrected chi connectivity index (χ0v) is 12.7. The molecule has 2 atom stereocenters. The van der Waals surface area contributed by atoms with Crippen molar-refractivity contribution < 1.29 is 9.53 Å². The number of hydrogen-bond donors (Lipinski definition) is 2. The lowest BCUT2D eigenvalue weighted by molar-refractivity contribution is -0.120. The molecule has 0 spiro atoms. The predicted octanol–water partition coefficient (Wildman–Crippen LogP) is 2.76. The minimum atomic E-state index is -0.466. The number of rotatable bonds is 6. The van der Waals surface area contributed by atoms with Crippen molar-refractivity contribution in [3.05, 3.63) is 42.0 Å². The van der Waals surface area contributed by atoms with Crippen molar-refractivity contribution in [3.8, 4) is 5.75 Å². The van der Waals surface area contributed by atoms with Gasteiger partial charge >= 0.3 is 0 Å². The van der Waals surface area contributed by atoms with E-state index in [1.54, 1.807) is 7.11 Å². The molecule has 0 saturated heterocycles. The van der Waals surface area contributed by atoms with Crippen LogP contribution in [0.25, 0.3) is 10.8 Å². The van der Waals surface area contributed by atoms with E-state index in [1.165, 1.54) is 0 Å². The van der Waals surface area contributed by atoms with Crippen LogP contribution in [0.1, 0.15) is 31.9 Å². The summed E-state index contributed by atoms with van der Waals surface area (Å²) in [6, 6.07) is 11.6. The third-order valence-corrected chi connectivity index (χ3v) is 3.75. The number of ether oxygens (including phenoxy) is 1. The predicted molar refractivity (Wildman–Crippen MR) is 85.3 cm³/mol. The van der Waals surface area contributed by atoms with E-state index in [2.05, 4.69) is 12.2 Å². The summed E-state index contributed by atoms with van der Waals surface area (Å²) in [4.78, 5) is 11.7. The Kier molecular flexibility index (Phi) is 4.81. The summed E-state index contributed by atoms with van der Waals surface area (Å²) < 4.78 is 5.22. The Balaban J connectivity index is 2.37. The normalized spacial score (nSPS) is 13.9. The highest BCUT2D eigenvalue weighted by Gasteiger charge is 2.19. The van der Waals surface area contributed by atoms with Crippen LogP contribution < -0.4 is 15.8 Å². The topological polar surface area (TPSA) is 64.3 Å². The Bertz CT molecular complexity index is 640. The van der Waals surface area contributed by atoms with Gasteiger partial charge in [-0.25, -0.2) is 0 Å². The van der Waals surface area contributed by atoms with Crippen LogP contribution in [-0.2, 0) is 4.79 Å². The van der Waals surface area contributed by atoms with Crippen molar-refractivity contribution in [2.24, 2.45) is 5.73 Å². The second-order valence-corrected chi connectivity index (χ2v) is 5.28. The average molecular weight is 286 g/mol. The molecule has 0 radical (unpaired) electrons. The summed E-state index contributed by atoms with van der Waals surface area (Å²) in [7, 11) is 1.65. The minimum Gasteiger partial charge on any atom is -0.497 e. The van der Waals surface area contributed by atoms with Gasteiger partial charge in [0.05, 0.1) is 7.11 Å². The van der Waals surface area contributed by atoms with Crippen LogP contribution in [0.2, 0.25) is 0 Å². The summed E-state index contributed by atoms with van der Waals surface area (Å²) in [5.41, 5.74) is 6.43. The number of methoxy groups -OCH3 is 1. The minimum absolute atomic E-state index is 0.231. The number of nitrogens with two attached hydrogens (primary N) is 1. The maximum Gasteiger partial charge on any atom is 0.239 e. The summed E-state index contributed by atoms with van der Waals surface area (Å²) in [5, 5.41) is 5.40. The van der Waals surface area contributed by atoms with E-state index in [9.17, 15) is 4.79 Å². The standard InChI is InChI=1S/C17H22N2O2/c1-4-11(2)19-16(17(18)20)14-6-5-13-10-15(21-3)8-7-12(13)9-14/h5-11,16,19H,4H2,1-3H3,(H2,18,20). The number of carbonyl (C=O) groups is 1. The fraction of sp³-hybridized carbons (Fsp3) is 0.353. The highest BCUT2D eigenvalue weighted by molar-refractivity contribution is 5.87. The van der Waals surface area contributed by atoms with E-state index in [4.69, 9.17) is 10.5 Å². The van der Waals surface area contributed by atoms with Crippen LogP contribution in [-0.4, -0.2) is 19.1 Å². The third-order valence-electron chi connectivity index (χ3n) is 3.75. The van der Waals surface area contributed by atoms with Gasteiger partial charge in [0, 0.05) is 6.04 Å². The molecule has 2 aromatic rings. The molecule has 0 aliphatic heterocycles. The number of benzene rings is 2. The van der Waals surface area contributed by atoms with E-state index in [-0.39, 0.29) is 11.9 Å². The smallest absolute Gasteiger partial charge is 0.239 e. The molecule has 0 aliphatic rings. The molecule has 4 heteroatoms. The number of carbonyl (C=O) groups excluding carboxylic acids is 1. The molecule has 2 unspecified atom stereocenters. The summed E-state index contributed by atoms with van der Waals surface area (Å²) in [6.07, 6.45) is 0.939. The van der Waals surface area contributed by atoms with Gasteiger partial charge in [0.1, 0.15) is 11.8 Å². The fourth-order valence-electron chi connectivity index (χ4n) is 2.29. The first-order chi connectivity index (χ1) is 10.0. The first kappa shape index (κ1) is 15.3. The highest BCUT2D eigenvalue weighted by atomic mass is 16.5. The van der Waals surface area contributed by atoms with Gasteiger partial charge in [0.25, 0.3) is 0 Å².